The van der Waals surface area contributed by atoms with E-state index < -0.39 is 0 Å². The molecular weight excluding hydrogens is 368 g/mol. The van der Waals surface area contributed by atoms with Gasteiger partial charge in [0.2, 0.25) is 0 Å². The van der Waals surface area contributed by atoms with Gasteiger partial charge in [0.15, 0.2) is 5.58 Å². The first kappa shape index (κ1) is 20.6. The van der Waals surface area contributed by atoms with Crippen molar-refractivity contribution in [3.05, 3.63) is 34.3 Å². The molecule has 0 unspecified atom stereocenters. The van der Waals surface area contributed by atoms with Gasteiger partial charge in [-0.2, -0.15) is 0 Å². The molecule has 2 fully saturated rings. The Kier molecular flexibility index (Phi) is 6.13. The number of rotatable bonds is 6. The van der Waals surface area contributed by atoms with Gasteiger partial charge in [-0.3, -0.25) is 9.47 Å². The summed E-state index contributed by atoms with van der Waals surface area (Å²) < 4.78 is 18.4. The Hall–Kier alpha value is -1.63. The van der Waals surface area contributed by atoms with Crippen molar-refractivity contribution < 1.29 is 13.9 Å². The van der Waals surface area contributed by atoms with E-state index in [-0.39, 0.29) is 17.3 Å². The lowest BCUT2D eigenvalue weighted by Gasteiger charge is -2.48. The first-order chi connectivity index (χ1) is 14.0. The molecule has 1 aliphatic heterocycles. The highest BCUT2D eigenvalue weighted by Gasteiger charge is 2.38. The van der Waals surface area contributed by atoms with E-state index in [1.54, 1.807) is 7.11 Å². The van der Waals surface area contributed by atoms with Crippen LogP contribution in [0, 0.1) is 6.92 Å². The van der Waals surface area contributed by atoms with Crippen LogP contribution in [0.3, 0.4) is 0 Å². The van der Waals surface area contributed by atoms with Gasteiger partial charge in [-0.25, -0.2) is 4.79 Å². The molecule has 2 heterocycles. The van der Waals surface area contributed by atoms with Crippen LogP contribution in [0.25, 0.3) is 11.1 Å². The van der Waals surface area contributed by atoms with Crippen molar-refractivity contribution >= 4 is 11.1 Å². The molecule has 0 N–H and O–H groups in total. The third-order valence-electron chi connectivity index (χ3n) is 7.01. The van der Waals surface area contributed by atoms with E-state index in [9.17, 15) is 4.79 Å². The number of aromatic nitrogens is 1. The van der Waals surface area contributed by atoms with Crippen molar-refractivity contribution in [2.45, 2.75) is 70.1 Å². The van der Waals surface area contributed by atoms with Gasteiger partial charge in [-0.1, -0.05) is 6.07 Å². The molecule has 1 saturated carbocycles. The molecule has 6 heteroatoms. The number of hydrogen-bond donors (Lipinski definition) is 0. The lowest BCUT2D eigenvalue weighted by atomic mass is 9.79. The first-order valence-corrected chi connectivity index (χ1v) is 11.0. The van der Waals surface area contributed by atoms with Crippen molar-refractivity contribution in [3.8, 4) is 0 Å². The van der Waals surface area contributed by atoms with E-state index >= 15 is 0 Å². The van der Waals surface area contributed by atoms with Gasteiger partial charge in [-0.05, 0) is 70.1 Å². The topological polar surface area (TPSA) is 56.8 Å². The zero-order valence-electron chi connectivity index (χ0n) is 18.0. The second-order valence-corrected chi connectivity index (χ2v) is 8.99. The van der Waals surface area contributed by atoms with Gasteiger partial charge in [-0.15, -0.1) is 0 Å². The van der Waals surface area contributed by atoms with Gasteiger partial charge in [0.25, 0.3) is 0 Å². The largest absolute Gasteiger partial charge is 0.420 e. The van der Waals surface area contributed by atoms with Crippen molar-refractivity contribution in [1.29, 1.82) is 0 Å². The normalized spacial score (nSPS) is 26.9. The Bertz CT molecular complexity index is 871. The third-order valence-corrected chi connectivity index (χ3v) is 7.01. The summed E-state index contributed by atoms with van der Waals surface area (Å²) in [6, 6.07) is 6.19. The number of aryl methyl sites for hydroxylation is 1. The number of nitrogens with zero attached hydrogens (tertiary/aromatic N) is 2. The lowest BCUT2D eigenvalue weighted by molar-refractivity contribution is -0.0419. The Morgan fingerprint density at radius 2 is 1.86 bits per heavy atom. The smallest absolute Gasteiger partial charge is 0.408 e. The quantitative estimate of drug-likeness (QED) is 0.686. The average molecular weight is 403 g/mol. The van der Waals surface area contributed by atoms with E-state index in [0.29, 0.717) is 24.9 Å². The minimum atomic E-state index is -0.219. The number of hydrogen-bond acceptors (Lipinski definition) is 5. The summed E-state index contributed by atoms with van der Waals surface area (Å²) >= 11 is 0. The van der Waals surface area contributed by atoms with E-state index in [1.165, 1.54) is 12.8 Å². The van der Waals surface area contributed by atoms with Gasteiger partial charge < -0.3 is 13.9 Å². The maximum Gasteiger partial charge on any atom is 0.420 e. The molecule has 0 bridgehead atoms. The molecule has 1 aromatic heterocycles. The summed E-state index contributed by atoms with van der Waals surface area (Å²) in [7, 11) is 1.71. The van der Waals surface area contributed by atoms with Crippen LogP contribution >= 0.6 is 0 Å². The highest BCUT2D eigenvalue weighted by molar-refractivity contribution is 5.73. The molecule has 4 rings (SSSR count). The van der Waals surface area contributed by atoms with Gasteiger partial charge in [0, 0.05) is 31.8 Å². The lowest BCUT2D eigenvalue weighted by Crippen LogP contribution is -2.53. The van der Waals surface area contributed by atoms with Crippen LogP contribution in [0.15, 0.2) is 27.4 Å². The summed E-state index contributed by atoms with van der Waals surface area (Å²) in [5.74, 6) is -0.219. The fourth-order valence-corrected chi connectivity index (χ4v) is 5.15. The third kappa shape index (κ3) is 4.30. The maximum absolute atomic E-state index is 12.5. The number of piperidine rings is 1. The first-order valence-electron chi connectivity index (χ1n) is 11.0. The van der Waals surface area contributed by atoms with Crippen LogP contribution in [-0.2, 0) is 9.47 Å². The zero-order valence-corrected chi connectivity index (χ0v) is 18.0. The number of likely N-dealkylation sites (tertiary alicyclic amines) is 1. The molecule has 29 heavy (non-hydrogen) atoms. The van der Waals surface area contributed by atoms with Crippen LogP contribution in [0.2, 0.25) is 0 Å². The minimum Gasteiger partial charge on any atom is -0.408 e. The highest BCUT2D eigenvalue weighted by atomic mass is 16.5. The minimum absolute atomic E-state index is 0.219. The monoisotopic (exact) mass is 402 g/mol. The summed E-state index contributed by atoms with van der Waals surface area (Å²) in [5.41, 5.74) is 3.03. The number of fused-ring (bicyclic) bond motifs is 1. The summed E-state index contributed by atoms with van der Waals surface area (Å²) in [5, 5.41) is 0. The molecule has 160 valence electrons. The van der Waals surface area contributed by atoms with Crippen LogP contribution < -0.4 is 5.76 Å². The average Bonchev–Trinajstić information content (AvgIpc) is 3.05. The molecule has 0 spiro atoms. The van der Waals surface area contributed by atoms with Crippen LogP contribution in [-0.4, -0.2) is 54.5 Å². The van der Waals surface area contributed by atoms with Gasteiger partial charge in [0.05, 0.1) is 24.8 Å². The molecule has 6 nitrogen and oxygen atoms in total. The number of oxazole rings is 1. The Labute approximate surface area is 172 Å². The van der Waals surface area contributed by atoms with Crippen molar-refractivity contribution in [2.24, 2.45) is 0 Å². The van der Waals surface area contributed by atoms with E-state index in [1.807, 2.05) is 16.7 Å². The molecule has 0 radical (unpaired) electrons. The molecule has 2 aliphatic rings. The predicted molar refractivity (Wildman–Crippen MR) is 114 cm³/mol. The van der Waals surface area contributed by atoms with E-state index in [2.05, 4.69) is 24.8 Å². The molecule has 1 aromatic carbocycles. The fourth-order valence-electron chi connectivity index (χ4n) is 5.15. The van der Waals surface area contributed by atoms with Gasteiger partial charge >= 0.3 is 5.76 Å². The fraction of sp³-hybridized carbons (Fsp3) is 0.696. The molecule has 0 atom stereocenters. The standard InChI is InChI=1S/C23H34N2O4/c1-17-4-5-21-20(16-17)25(22(26)29-21)18-8-12-24(13-9-18)23(2)10-6-19(7-11-23)28-15-14-27-3/h4-5,16,18-19H,6-15H2,1-3H3. The number of methoxy groups -OCH3 is 1. The molecular formula is C23H34N2O4. The predicted octanol–water partition coefficient (Wildman–Crippen LogP) is 3.90. The molecule has 2 aromatic rings. The second-order valence-electron chi connectivity index (χ2n) is 8.99. The van der Waals surface area contributed by atoms with E-state index in [0.717, 1.165) is 49.9 Å². The number of benzene rings is 1. The maximum atomic E-state index is 12.5. The SMILES string of the molecule is COCCOC1CCC(C)(N2CCC(n3c(=O)oc4ccc(C)cc43)CC2)CC1. The summed E-state index contributed by atoms with van der Waals surface area (Å²) in [6.45, 7) is 7.88. The van der Waals surface area contributed by atoms with Crippen molar-refractivity contribution in [1.82, 2.24) is 9.47 Å². The Balaban J connectivity index is 1.37. The van der Waals surface area contributed by atoms with Crippen LogP contribution in [0.4, 0.5) is 0 Å². The molecule has 1 saturated heterocycles. The van der Waals surface area contributed by atoms with Crippen molar-refractivity contribution in [3.63, 3.8) is 0 Å². The van der Waals surface area contributed by atoms with Crippen molar-refractivity contribution in [2.75, 3.05) is 33.4 Å². The summed E-state index contributed by atoms with van der Waals surface area (Å²) in [6.07, 6.45) is 6.93. The molecule has 0 amide bonds. The second kappa shape index (κ2) is 8.62. The summed E-state index contributed by atoms with van der Waals surface area (Å²) in [4.78, 5) is 15.1. The van der Waals surface area contributed by atoms with Crippen LogP contribution in [0.5, 0.6) is 0 Å². The number of ether oxygens (including phenoxy) is 2. The zero-order chi connectivity index (χ0) is 20.4. The van der Waals surface area contributed by atoms with E-state index in [4.69, 9.17) is 13.9 Å². The Morgan fingerprint density at radius 3 is 2.55 bits per heavy atom. The molecule has 1 aliphatic carbocycles. The van der Waals surface area contributed by atoms with Crippen LogP contribution in [0.1, 0.15) is 57.1 Å². The van der Waals surface area contributed by atoms with Gasteiger partial charge in [0.1, 0.15) is 0 Å². The highest BCUT2D eigenvalue weighted by Crippen LogP contribution is 2.38. The Morgan fingerprint density at radius 1 is 1.14 bits per heavy atom.